The highest BCUT2D eigenvalue weighted by Crippen LogP contribution is 2.14. The molecule has 0 saturated heterocycles. The fourth-order valence-electron chi connectivity index (χ4n) is 2.12. The van der Waals surface area contributed by atoms with Crippen LogP contribution in [0.1, 0.15) is 33.1 Å². The molecule has 0 fully saturated rings. The largest absolute Gasteiger partial charge is 0.383 e. The first-order valence-electron chi connectivity index (χ1n) is 7.32. The molecule has 0 bridgehead atoms. The van der Waals surface area contributed by atoms with Gasteiger partial charge in [0.1, 0.15) is 11.5 Å². The Bertz CT molecular complexity index is 577. The summed E-state index contributed by atoms with van der Waals surface area (Å²) in [5, 5.41) is 3.11. The lowest BCUT2D eigenvalue weighted by atomic mass is 10.2. The Morgan fingerprint density at radius 3 is 2.52 bits per heavy atom. The Hall–Kier alpha value is -1.76. The van der Waals surface area contributed by atoms with Gasteiger partial charge in [-0.2, -0.15) is 0 Å². The number of unbranched alkanes of at least 4 members (excludes halogenated alkanes) is 1. The molecule has 0 aromatic carbocycles. The number of nitrogens with two attached hydrogens (primary N) is 1. The molecular weight excluding hydrogens is 272 g/mol. The fraction of sp³-hybridized carbons (Fsp3) is 0.714. The van der Waals surface area contributed by atoms with E-state index in [0.29, 0.717) is 13.2 Å². The first kappa shape index (κ1) is 17.3. The molecule has 7 heteroatoms. The molecule has 0 radical (unpaired) electrons. The highest BCUT2D eigenvalue weighted by Gasteiger charge is 2.17. The Morgan fingerprint density at radius 1 is 1.33 bits per heavy atom. The molecule has 0 aliphatic carbocycles. The van der Waals surface area contributed by atoms with E-state index >= 15 is 0 Å². The standard InChI is InChI=1S/C14H26N4O3/c1-5-7-8-18-12(15)11(13(19)17(3)14(18)20)16-10(6-2)9-21-4/h10,16H,5-9,15H2,1-4H3. The Labute approximate surface area is 124 Å². The van der Waals surface area contributed by atoms with E-state index in [9.17, 15) is 9.59 Å². The van der Waals surface area contributed by atoms with E-state index < -0.39 is 5.56 Å². The van der Waals surface area contributed by atoms with Crippen molar-refractivity contribution in [2.24, 2.45) is 7.05 Å². The Kier molecular flexibility index (Phi) is 6.48. The van der Waals surface area contributed by atoms with Crippen LogP contribution >= 0.6 is 0 Å². The maximum absolute atomic E-state index is 12.3. The van der Waals surface area contributed by atoms with Crippen LogP contribution in [-0.4, -0.2) is 28.9 Å². The van der Waals surface area contributed by atoms with Crippen LogP contribution in [-0.2, 0) is 18.3 Å². The SMILES string of the molecule is CCCCn1c(N)c(NC(CC)COC)c(=O)n(C)c1=O. The van der Waals surface area contributed by atoms with Gasteiger partial charge in [0.25, 0.3) is 5.56 Å². The van der Waals surface area contributed by atoms with Crippen LogP contribution in [0.25, 0.3) is 0 Å². The monoisotopic (exact) mass is 298 g/mol. The zero-order chi connectivity index (χ0) is 16.0. The summed E-state index contributed by atoms with van der Waals surface area (Å²) in [6.07, 6.45) is 2.56. The third kappa shape index (κ3) is 3.87. The van der Waals surface area contributed by atoms with Gasteiger partial charge in [0.05, 0.1) is 6.61 Å². The van der Waals surface area contributed by atoms with Gasteiger partial charge in [0.15, 0.2) is 0 Å². The molecule has 3 N–H and O–H groups in total. The van der Waals surface area contributed by atoms with Gasteiger partial charge < -0.3 is 15.8 Å². The van der Waals surface area contributed by atoms with E-state index in [0.717, 1.165) is 23.8 Å². The number of hydrogen-bond donors (Lipinski definition) is 2. The lowest BCUT2D eigenvalue weighted by Gasteiger charge is -2.20. The lowest BCUT2D eigenvalue weighted by Crippen LogP contribution is -2.42. The highest BCUT2D eigenvalue weighted by molar-refractivity contribution is 5.61. The first-order chi connectivity index (χ1) is 9.97. The van der Waals surface area contributed by atoms with E-state index in [-0.39, 0.29) is 23.2 Å². The Morgan fingerprint density at radius 2 is 2.00 bits per heavy atom. The van der Waals surface area contributed by atoms with Crippen LogP contribution in [0.4, 0.5) is 11.5 Å². The van der Waals surface area contributed by atoms with E-state index in [1.54, 1.807) is 7.11 Å². The smallest absolute Gasteiger partial charge is 0.332 e. The van der Waals surface area contributed by atoms with Gasteiger partial charge in [-0.25, -0.2) is 4.79 Å². The molecule has 1 aromatic rings. The summed E-state index contributed by atoms with van der Waals surface area (Å²) in [6, 6.07) is -0.0258. The van der Waals surface area contributed by atoms with Crippen LogP contribution < -0.4 is 22.3 Å². The summed E-state index contributed by atoms with van der Waals surface area (Å²) in [7, 11) is 3.07. The lowest BCUT2D eigenvalue weighted by molar-refractivity contribution is 0.184. The number of ether oxygens (including phenoxy) is 1. The van der Waals surface area contributed by atoms with Crippen LogP contribution in [0.3, 0.4) is 0 Å². The third-order valence-electron chi connectivity index (χ3n) is 3.53. The molecule has 1 heterocycles. The van der Waals surface area contributed by atoms with Gasteiger partial charge in [0, 0.05) is 26.7 Å². The van der Waals surface area contributed by atoms with E-state index in [1.165, 1.54) is 11.6 Å². The van der Waals surface area contributed by atoms with Gasteiger partial charge in [0.2, 0.25) is 0 Å². The fourth-order valence-corrected chi connectivity index (χ4v) is 2.12. The maximum Gasteiger partial charge on any atom is 0.332 e. The van der Waals surface area contributed by atoms with Crippen molar-refractivity contribution < 1.29 is 4.74 Å². The number of aromatic nitrogens is 2. The second-order valence-corrected chi connectivity index (χ2v) is 5.12. The van der Waals surface area contributed by atoms with Crippen molar-refractivity contribution in [3.8, 4) is 0 Å². The normalized spacial score (nSPS) is 12.4. The average molecular weight is 298 g/mol. The van der Waals surface area contributed by atoms with Crippen LogP contribution in [0.5, 0.6) is 0 Å². The molecule has 1 rings (SSSR count). The average Bonchev–Trinajstić information content (AvgIpc) is 2.48. The van der Waals surface area contributed by atoms with Gasteiger partial charge >= 0.3 is 5.69 Å². The minimum Gasteiger partial charge on any atom is -0.383 e. The number of nitrogen functional groups attached to an aromatic ring is 1. The van der Waals surface area contributed by atoms with Gasteiger partial charge in [-0.05, 0) is 12.8 Å². The van der Waals surface area contributed by atoms with Crippen LogP contribution in [0.2, 0.25) is 0 Å². The van der Waals surface area contributed by atoms with Crippen molar-refractivity contribution in [3.05, 3.63) is 20.8 Å². The van der Waals surface area contributed by atoms with Crippen molar-refractivity contribution in [1.29, 1.82) is 0 Å². The second-order valence-electron chi connectivity index (χ2n) is 5.12. The number of rotatable bonds is 8. The Balaban J connectivity index is 3.28. The quantitative estimate of drug-likeness (QED) is 0.739. The minimum absolute atomic E-state index is 0.0258. The van der Waals surface area contributed by atoms with Gasteiger partial charge in [-0.3, -0.25) is 13.9 Å². The molecular formula is C14H26N4O3. The molecule has 1 aromatic heterocycles. The van der Waals surface area contributed by atoms with Crippen molar-refractivity contribution in [1.82, 2.24) is 9.13 Å². The zero-order valence-corrected chi connectivity index (χ0v) is 13.3. The van der Waals surface area contributed by atoms with Gasteiger partial charge in [-0.1, -0.05) is 20.3 Å². The molecule has 1 atom stereocenters. The summed E-state index contributed by atoms with van der Waals surface area (Å²) in [5.41, 5.74) is 5.53. The van der Waals surface area contributed by atoms with Crippen molar-refractivity contribution in [2.45, 2.75) is 45.7 Å². The summed E-state index contributed by atoms with van der Waals surface area (Å²) >= 11 is 0. The van der Waals surface area contributed by atoms with Crippen molar-refractivity contribution >= 4 is 11.5 Å². The molecule has 21 heavy (non-hydrogen) atoms. The molecule has 1 unspecified atom stereocenters. The number of methoxy groups -OCH3 is 1. The number of nitrogens with zero attached hydrogens (tertiary/aromatic N) is 2. The second kappa shape index (κ2) is 7.87. The van der Waals surface area contributed by atoms with Crippen molar-refractivity contribution in [2.75, 3.05) is 24.8 Å². The number of hydrogen-bond acceptors (Lipinski definition) is 5. The van der Waals surface area contributed by atoms with E-state index in [2.05, 4.69) is 5.32 Å². The van der Waals surface area contributed by atoms with E-state index in [1.807, 2.05) is 13.8 Å². The highest BCUT2D eigenvalue weighted by atomic mass is 16.5. The third-order valence-corrected chi connectivity index (χ3v) is 3.53. The summed E-state index contributed by atoms with van der Waals surface area (Å²) in [6.45, 7) is 5.00. The predicted molar refractivity (Wildman–Crippen MR) is 84.8 cm³/mol. The minimum atomic E-state index is -0.403. The molecule has 0 amide bonds. The summed E-state index contributed by atoms with van der Waals surface area (Å²) in [5.74, 6) is 0.200. The molecule has 0 aliphatic heterocycles. The van der Waals surface area contributed by atoms with Crippen LogP contribution in [0, 0.1) is 0 Å². The molecule has 0 aliphatic rings. The summed E-state index contributed by atoms with van der Waals surface area (Å²) < 4.78 is 7.66. The molecule has 0 spiro atoms. The number of nitrogens with one attached hydrogen (secondary N) is 1. The zero-order valence-electron chi connectivity index (χ0n) is 13.3. The van der Waals surface area contributed by atoms with Crippen molar-refractivity contribution in [3.63, 3.8) is 0 Å². The topological polar surface area (TPSA) is 91.3 Å². The van der Waals surface area contributed by atoms with E-state index in [4.69, 9.17) is 10.5 Å². The first-order valence-corrected chi connectivity index (χ1v) is 7.32. The molecule has 7 nitrogen and oxygen atoms in total. The maximum atomic E-state index is 12.3. The molecule has 120 valence electrons. The molecule has 0 saturated carbocycles. The van der Waals surface area contributed by atoms with Gasteiger partial charge in [-0.15, -0.1) is 0 Å². The predicted octanol–water partition coefficient (Wildman–Crippen LogP) is 0.766. The van der Waals surface area contributed by atoms with Crippen LogP contribution in [0.15, 0.2) is 9.59 Å². The number of anilines is 2. The summed E-state index contributed by atoms with van der Waals surface area (Å²) in [4.78, 5) is 24.4.